The first-order valence-corrected chi connectivity index (χ1v) is 5.69. The van der Waals surface area contributed by atoms with Crippen molar-refractivity contribution in [2.75, 3.05) is 0 Å². The molecule has 0 radical (unpaired) electrons. The normalized spacial score (nSPS) is 20.7. The van der Waals surface area contributed by atoms with Crippen LogP contribution in [0.5, 0.6) is 0 Å². The first-order valence-electron chi connectivity index (χ1n) is 5.69. The maximum Gasteiger partial charge on any atom is 0.234 e. The zero-order valence-corrected chi connectivity index (χ0v) is 10.0. The second-order valence-corrected chi connectivity index (χ2v) is 5.03. The highest BCUT2D eigenvalue weighted by molar-refractivity contribution is 6.54. The summed E-state index contributed by atoms with van der Waals surface area (Å²) in [6, 6.07) is 6.84. The van der Waals surface area contributed by atoms with Gasteiger partial charge in [-0.3, -0.25) is 14.4 Å². The summed E-state index contributed by atoms with van der Waals surface area (Å²) in [6.07, 6.45) is 0. The molecule has 1 N–H and O–H groups in total. The van der Waals surface area contributed by atoms with E-state index >= 15 is 0 Å². The lowest BCUT2D eigenvalue weighted by molar-refractivity contribution is -0.126. The molecule has 18 heavy (non-hydrogen) atoms. The highest BCUT2D eigenvalue weighted by Gasteiger charge is 2.49. The second kappa shape index (κ2) is 3.16. The van der Waals surface area contributed by atoms with Gasteiger partial charge in [-0.2, -0.15) is 0 Å². The summed E-state index contributed by atoms with van der Waals surface area (Å²) in [5.74, 6) is -1.36. The first-order chi connectivity index (χ1) is 8.44. The minimum atomic E-state index is -0.949. The van der Waals surface area contributed by atoms with Gasteiger partial charge in [-0.1, -0.05) is 24.3 Å². The Morgan fingerprint density at radius 3 is 2.22 bits per heavy atom. The number of carbonyl (C=O) groups is 3. The SMILES string of the molecule is CC1(C)C(=O)NC2=C1C(=O)C(=O)c1ccccc12. The van der Waals surface area contributed by atoms with Gasteiger partial charge >= 0.3 is 0 Å². The van der Waals surface area contributed by atoms with Gasteiger partial charge < -0.3 is 5.32 Å². The van der Waals surface area contributed by atoms with E-state index in [1.807, 2.05) is 0 Å². The molecule has 4 nitrogen and oxygen atoms in total. The summed E-state index contributed by atoms with van der Waals surface area (Å²) >= 11 is 0. The molecule has 0 spiro atoms. The van der Waals surface area contributed by atoms with E-state index in [1.165, 1.54) is 0 Å². The van der Waals surface area contributed by atoms with Crippen molar-refractivity contribution < 1.29 is 14.4 Å². The molecule has 1 aromatic carbocycles. The number of rotatable bonds is 0. The highest BCUT2D eigenvalue weighted by atomic mass is 16.2. The Morgan fingerprint density at radius 2 is 1.56 bits per heavy atom. The van der Waals surface area contributed by atoms with Gasteiger partial charge in [0.05, 0.1) is 11.1 Å². The fourth-order valence-electron chi connectivity index (χ4n) is 2.49. The Morgan fingerprint density at radius 1 is 0.944 bits per heavy atom. The smallest absolute Gasteiger partial charge is 0.234 e. The molecule has 0 bridgehead atoms. The minimum absolute atomic E-state index is 0.245. The average molecular weight is 241 g/mol. The third-order valence-corrected chi connectivity index (χ3v) is 3.56. The Hall–Kier alpha value is -2.23. The molecular formula is C14H11NO3. The number of hydrogen-bond donors (Lipinski definition) is 1. The van der Waals surface area contributed by atoms with Gasteiger partial charge in [0.25, 0.3) is 0 Å². The number of nitrogens with one attached hydrogen (secondary N) is 1. The molecular weight excluding hydrogens is 230 g/mol. The van der Waals surface area contributed by atoms with Crippen molar-refractivity contribution in [2.45, 2.75) is 13.8 Å². The number of Topliss-reactive ketones (excluding diaryl/α,β-unsaturated/α-hetero) is 2. The van der Waals surface area contributed by atoms with E-state index in [0.717, 1.165) is 0 Å². The maximum absolute atomic E-state index is 12.1. The Kier molecular flexibility index (Phi) is 1.91. The lowest BCUT2D eigenvalue weighted by Crippen LogP contribution is -2.32. The van der Waals surface area contributed by atoms with E-state index in [-0.39, 0.29) is 11.5 Å². The molecule has 0 saturated heterocycles. The third-order valence-electron chi connectivity index (χ3n) is 3.56. The van der Waals surface area contributed by atoms with Gasteiger partial charge in [-0.25, -0.2) is 0 Å². The molecule has 2 aliphatic rings. The van der Waals surface area contributed by atoms with Gasteiger partial charge in [-0.15, -0.1) is 0 Å². The number of amides is 1. The van der Waals surface area contributed by atoms with E-state index < -0.39 is 17.0 Å². The third kappa shape index (κ3) is 1.12. The fourth-order valence-corrected chi connectivity index (χ4v) is 2.49. The molecule has 1 heterocycles. The topological polar surface area (TPSA) is 63.2 Å². The Labute approximate surface area is 104 Å². The lowest BCUT2D eigenvalue weighted by Gasteiger charge is -2.21. The van der Waals surface area contributed by atoms with E-state index in [0.29, 0.717) is 16.8 Å². The summed E-state index contributed by atoms with van der Waals surface area (Å²) in [7, 11) is 0. The van der Waals surface area contributed by atoms with Crippen LogP contribution >= 0.6 is 0 Å². The van der Waals surface area contributed by atoms with Crippen LogP contribution in [0.4, 0.5) is 0 Å². The van der Waals surface area contributed by atoms with E-state index in [1.54, 1.807) is 38.1 Å². The second-order valence-electron chi connectivity index (χ2n) is 5.03. The van der Waals surface area contributed by atoms with Crippen molar-refractivity contribution in [1.82, 2.24) is 5.32 Å². The van der Waals surface area contributed by atoms with Crippen molar-refractivity contribution in [3.05, 3.63) is 41.0 Å². The summed E-state index contributed by atoms with van der Waals surface area (Å²) in [5.41, 5.74) is 0.826. The Balaban J connectivity index is 2.36. The zero-order chi connectivity index (χ0) is 13.1. The van der Waals surface area contributed by atoms with Crippen molar-refractivity contribution in [3.8, 4) is 0 Å². The van der Waals surface area contributed by atoms with Crippen LogP contribution in [0.1, 0.15) is 29.8 Å². The van der Waals surface area contributed by atoms with E-state index in [2.05, 4.69) is 5.32 Å². The van der Waals surface area contributed by atoms with Gasteiger partial charge in [0.1, 0.15) is 0 Å². The van der Waals surface area contributed by atoms with Crippen molar-refractivity contribution in [2.24, 2.45) is 5.41 Å². The van der Waals surface area contributed by atoms with E-state index in [9.17, 15) is 14.4 Å². The number of benzene rings is 1. The standard InChI is InChI=1S/C14H11NO3/c1-14(2)9-10(15-13(14)18)7-5-3-4-6-8(7)11(16)12(9)17/h3-6H,1-2H3,(H,15,18). The highest BCUT2D eigenvalue weighted by Crippen LogP contribution is 2.42. The molecule has 0 unspecified atom stereocenters. The molecule has 90 valence electrons. The van der Waals surface area contributed by atoms with Crippen molar-refractivity contribution in [3.63, 3.8) is 0 Å². The largest absolute Gasteiger partial charge is 0.324 e. The lowest BCUT2D eigenvalue weighted by atomic mass is 9.77. The van der Waals surface area contributed by atoms with Crippen molar-refractivity contribution in [1.29, 1.82) is 0 Å². The molecule has 4 heteroatoms. The van der Waals surface area contributed by atoms with Crippen LogP contribution in [0.3, 0.4) is 0 Å². The van der Waals surface area contributed by atoms with Crippen LogP contribution in [0.15, 0.2) is 29.8 Å². The summed E-state index contributed by atoms with van der Waals surface area (Å²) in [5, 5.41) is 2.72. The number of ketones is 2. The molecule has 0 atom stereocenters. The van der Waals surface area contributed by atoms with Gasteiger partial charge in [0.2, 0.25) is 17.5 Å². The predicted octanol–water partition coefficient (Wildman–Crippen LogP) is 1.32. The summed E-state index contributed by atoms with van der Waals surface area (Å²) in [6.45, 7) is 3.31. The molecule has 1 aliphatic carbocycles. The van der Waals surface area contributed by atoms with Crippen LogP contribution < -0.4 is 5.32 Å². The Bertz CT molecular complexity index is 653. The van der Waals surface area contributed by atoms with Gasteiger partial charge in [-0.05, 0) is 13.8 Å². The van der Waals surface area contributed by atoms with Crippen LogP contribution in [-0.2, 0) is 9.59 Å². The molecule has 1 amide bonds. The fraction of sp³-hybridized carbons (Fsp3) is 0.214. The molecule has 3 rings (SSSR count). The zero-order valence-electron chi connectivity index (χ0n) is 10.0. The van der Waals surface area contributed by atoms with Gasteiger partial charge in [0, 0.05) is 16.7 Å². The monoisotopic (exact) mass is 241 g/mol. The molecule has 0 saturated carbocycles. The summed E-state index contributed by atoms with van der Waals surface area (Å²) < 4.78 is 0. The van der Waals surface area contributed by atoms with Crippen LogP contribution in [0.25, 0.3) is 5.70 Å². The van der Waals surface area contributed by atoms with Crippen LogP contribution in [-0.4, -0.2) is 17.5 Å². The van der Waals surface area contributed by atoms with Crippen LogP contribution in [0, 0.1) is 5.41 Å². The van der Waals surface area contributed by atoms with Gasteiger partial charge in [0.15, 0.2) is 0 Å². The minimum Gasteiger partial charge on any atom is -0.324 e. The molecule has 0 fully saturated rings. The first kappa shape index (κ1) is 10.9. The molecule has 1 aromatic rings. The average Bonchev–Trinajstić information content (AvgIpc) is 2.58. The van der Waals surface area contributed by atoms with Crippen LogP contribution in [0.2, 0.25) is 0 Å². The quantitative estimate of drug-likeness (QED) is 0.697. The number of hydrogen-bond acceptors (Lipinski definition) is 3. The van der Waals surface area contributed by atoms with Crippen molar-refractivity contribution >= 4 is 23.2 Å². The maximum atomic E-state index is 12.1. The molecule has 1 aliphatic heterocycles. The summed E-state index contributed by atoms with van der Waals surface area (Å²) in [4.78, 5) is 36.1. The van der Waals surface area contributed by atoms with E-state index in [4.69, 9.17) is 0 Å². The number of fused-ring (bicyclic) bond motifs is 2. The predicted molar refractivity (Wildman–Crippen MR) is 64.6 cm³/mol. The molecule has 0 aromatic heterocycles. The number of carbonyl (C=O) groups excluding carboxylic acids is 3.